The molecule has 4 heterocycles. The molecule has 3 aromatic heterocycles. The minimum absolute atomic E-state index is 0.00541. The number of halogens is 3. The van der Waals surface area contributed by atoms with Gasteiger partial charge < -0.3 is 20.4 Å². The Morgan fingerprint density at radius 2 is 2.06 bits per heavy atom. The van der Waals surface area contributed by atoms with Gasteiger partial charge in [-0.1, -0.05) is 6.92 Å². The lowest BCUT2D eigenvalue weighted by atomic mass is 9.92. The second-order valence-electron chi connectivity index (χ2n) is 9.14. The number of hydrogen-bond donors (Lipinski definition) is 3. The van der Waals surface area contributed by atoms with Crippen molar-refractivity contribution in [2.24, 2.45) is 5.92 Å². The SMILES string of the molecule is CC(CC(=O)NCC(F)(F)F)Cc1ccncc1-c1c[nH]c2ncc(COC3CCNCC3)cc12. The van der Waals surface area contributed by atoms with Crippen LogP contribution in [0.4, 0.5) is 13.2 Å². The third kappa shape index (κ3) is 7.02. The summed E-state index contributed by atoms with van der Waals surface area (Å²) in [6.07, 6.45) is 5.50. The molecular weight excluding hydrogens is 459 g/mol. The third-order valence-electron chi connectivity index (χ3n) is 6.15. The van der Waals surface area contributed by atoms with Crippen molar-refractivity contribution in [2.45, 2.75) is 51.5 Å². The van der Waals surface area contributed by atoms with E-state index in [9.17, 15) is 18.0 Å². The largest absolute Gasteiger partial charge is 0.405 e. The molecule has 1 saturated heterocycles. The molecule has 3 N–H and O–H groups in total. The summed E-state index contributed by atoms with van der Waals surface area (Å²) in [5.74, 6) is -0.762. The number of carbonyl (C=O) groups is 1. The lowest BCUT2D eigenvalue weighted by Crippen LogP contribution is -2.34. The van der Waals surface area contributed by atoms with Gasteiger partial charge in [-0.25, -0.2) is 4.98 Å². The van der Waals surface area contributed by atoms with Crippen molar-refractivity contribution in [3.05, 3.63) is 48.0 Å². The number of aromatic nitrogens is 3. The zero-order chi connectivity index (χ0) is 24.8. The van der Waals surface area contributed by atoms with Crippen LogP contribution in [0.1, 0.15) is 37.3 Å². The number of pyridine rings is 2. The van der Waals surface area contributed by atoms with E-state index in [0.717, 1.165) is 59.2 Å². The average Bonchev–Trinajstić information content (AvgIpc) is 3.25. The van der Waals surface area contributed by atoms with Crippen LogP contribution >= 0.6 is 0 Å². The first-order chi connectivity index (χ1) is 16.8. The molecule has 0 radical (unpaired) electrons. The molecule has 35 heavy (non-hydrogen) atoms. The van der Waals surface area contributed by atoms with Crippen LogP contribution in [-0.2, 0) is 22.6 Å². The molecule has 4 rings (SSSR count). The maximum Gasteiger partial charge on any atom is 0.405 e. The zero-order valence-corrected chi connectivity index (χ0v) is 19.6. The van der Waals surface area contributed by atoms with Gasteiger partial charge in [0.25, 0.3) is 0 Å². The molecule has 0 aliphatic carbocycles. The summed E-state index contributed by atoms with van der Waals surface area (Å²) < 4.78 is 43.2. The fraction of sp³-hybridized carbons (Fsp3) is 0.480. The number of H-pyrrole nitrogens is 1. The summed E-state index contributed by atoms with van der Waals surface area (Å²) in [6.45, 7) is 2.96. The molecule has 10 heteroatoms. The van der Waals surface area contributed by atoms with Crippen molar-refractivity contribution in [2.75, 3.05) is 19.6 Å². The predicted molar refractivity (Wildman–Crippen MR) is 127 cm³/mol. The van der Waals surface area contributed by atoms with E-state index in [1.54, 1.807) is 12.4 Å². The van der Waals surface area contributed by atoms with Crippen LogP contribution in [0.3, 0.4) is 0 Å². The molecule has 0 spiro atoms. The van der Waals surface area contributed by atoms with Crippen molar-refractivity contribution in [1.29, 1.82) is 0 Å². The van der Waals surface area contributed by atoms with E-state index in [4.69, 9.17) is 4.74 Å². The van der Waals surface area contributed by atoms with Crippen LogP contribution in [0.5, 0.6) is 0 Å². The van der Waals surface area contributed by atoms with Gasteiger partial charge in [0.2, 0.25) is 5.91 Å². The van der Waals surface area contributed by atoms with Gasteiger partial charge in [0.05, 0.1) is 12.7 Å². The van der Waals surface area contributed by atoms with Gasteiger partial charge in [0, 0.05) is 47.7 Å². The van der Waals surface area contributed by atoms with Crippen LogP contribution in [0.25, 0.3) is 22.2 Å². The summed E-state index contributed by atoms with van der Waals surface area (Å²) in [5.41, 5.74) is 4.54. The van der Waals surface area contributed by atoms with E-state index in [0.29, 0.717) is 13.0 Å². The number of hydrogen-bond acceptors (Lipinski definition) is 5. The van der Waals surface area contributed by atoms with E-state index in [1.807, 2.05) is 30.7 Å². The average molecular weight is 490 g/mol. The van der Waals surface area contributed by atoms with Crippen molar-refractivity contribution >= 4 is 16.9 Å². The number of alkyl halides is 3. The van der Waals surface area contributed by atoms with Crippen LogP contribution in [0.2, 0.25) is 0 Å². The summed E-state index contributed by atoms with van der Waals surface area (Å²) in [6, 6.07) is 3.95. The molecule has 3 aromatic rings. The molecule has 188 valence electrons. The first kappa shape index (κ1) is 25.1. The maximum atomic E-state index is 12.4. The molecule has 0 aromatic carbocycles. The van der Waals surface area contributed by atoms with Crippen LogP contribution < -0.4 is 10.6 Å². The van der Waals surface area contributed by atoms with Gasteiger partial charge in [-0.05, 0) is 61.5 Å². The zero-order valence-electron chi connectivity index (χ0n) is 19.6. The number of nitrogens with one attached hydrogen (secondary N) is 3. The minimum Gasteiger partial charge on any atom is -0.373 e. The van der Waals surface area contributed by atoms with Crippen molar-refractivity contribution in [1.82, 2.24) is 25.6 Å². The molecule has 1 amide bonds. The summed E-state index contributed by atoms with van der Waals surface area (Å²) in [5, 5.41) is 6.22. The Kier molecular flexibility index (Phi) is 8.02. The smallest absolute Gasteiger partial charge is 0.373 e. The molecule has 1 aliphatic rings. The predicted octanol–water partition coefficient (Wildman–Crippen LogP) is 4.14. The Hall–Kier alpha value is -2.98. The van der Waals surface area contributed by atoms with E-state index in [-0.39, 0.29) is 18.4 Å². The lowest BCUT2D eigenvalue weighted by molar-refractivity contribution is -0.138. The van der Waals surface area contributed by atoms with Gasteiger partial charge in [0.15, 0.2) is 0 Å². The molecule has 0 bridgehead atoms. The molecule has 7 nitrogen and oxygen atoms in total. The van der Waals surface area contributed by atoms with E-state index in [2.05, 4.69) is 26.3 Å². The number of piperidine rings is 1. The lowest BCUT2D eigenvalue weighted by Gasteiger charge is -2.22. The summed E-state index contributed by atoms with van der Waals surface area (Å²) in [4.78, 5) is 24.0. The number of ether oxygens (including phenoxy) is 1. The van der Waals surface area contributed by atoms with Crippen molar-refractivity contribution in [3.63, 3.8) is 0 Å². The number of fused-ring (bicyclic) bond motifs is 1. The molecule has 1 fully saturated rings. The van der Waals surface area contributed by atoms with Gasteiger partial charge in [-0.15, -0.1) is 0 Å². The second kappa shape index (κ2) is 11.2. The number of amides is 1. The van der Waals surface area contributed by atoms with Gasteiger partial charge in [0.1, 0.15) is 12.2 Å². The Morgan fingerprint density at radius 3 is 2.83 bits per heavy atom. The Morgan fingerprint density at radius 1 is 1.26 bits per heavy atom. The quantitative estimate of drug-likeness (QED) is 0.420. The van der Waals surface area contributed by atoms with Crippen LogP contribution in [-0.4, -0.2) is 52.8 Å². The molecule has 1 atom stereocenters. The first-order valence-electron chi connectivity index (χ1n) is 11.8. The van der Waals surface area contributed by atoms with Gasteiger partial charge >= 0.3 is 6.18 Å². The van der Waals surface area contributed by atoms with Crippen LogP contribution in [0, 0.1) is 5.92 Å². The van der Waals surface area contributed by atoms with Crippen LogP contribution in [0.15, 0.2) is 36.9 Å². The summed E-state index contributed by atoms with van der Waals surface area (Å²) >= 11 is 0. The Labute approximate surface area is 201 Å². The topological polar surface area (TPSA) is 91.9 Å². The normalized spacial score (nSPS) is 15.9. The Bertz CT molecular complexity index is 1140. The van der Waals surface area contributed by atoms with Crippen molar-refractivity contribution in [3.8, 4) is 11.1 Å². The number of aromatic amines is 1. The third-order valence-corrected chi connectivity index (χ3v) is 6.15. The Balaban J connectivity index is 1.47. The minimum atomic E-state index is -4.42. The highest BCUT2D eigenvalue weighted by Gasteiger charge is 2.28. The van der Waals surface area contributed by atoms with Gasteiger partial charge in [-0.3, -0.25) is 9.78 Å². The maximum absolute atomic E-state index is 12.4. The molecule has 0 saturated carbocycles. The highest BCUT2D eigenvalue weighted by atomic mass is 19.4. The second-order valence-corrected chi connectivity index (χ2v) is 9.14. The van der Waals surface area contributed by atoms with Gasteiger partial charge in [-0.2, -0.15) is 13.2 Å². The fourth-order valence-electron chi connectivity index (χ4n) is 4.40. The van der Waals surface area contributed by atoms with E-state index >= 15 is 0 Å². The number of rotatable bonds is 9. The number of nitrogens with zero attached hydrogens (tertiary/aromatic N) is 2. The fourth-order valence-corrected chi connectivity index (χ4v) is 4.40. The highest BCUT2D eigenvalue weighted by molar-refractivity contribution is 5.94. The standard InChI is InChI=1S/C25H30F3N5O2/c1-16(9-23(34)33-15-25(26,27)28)8-18-2-5-30-12-21(18)22-13-32-24-20(22)10-17(11-31-24)14-35-19-3-6-29-7-4-19/h2,5,10-13,16,19,29H,3-4,6-9,14-15H2,1H3,(H,31,32)(H,33,34). The number of carbonyl (C=O) groups excluding carboxylic acids is 1. The monoisotopic (exact) mass is 489 g/mol. The molecule has 1 unspecified atom stereocenters. The summed E-state index contributed by atoms with van der Waals surface area (Å²) in [7, 11) is 0. The molecular formula is C25H30F3N5O2. The first-order valence-corrected chi connectivity index (χ1v) is 11.8. The molecule has 1 aliphatic heterocycles. The highest BCUT2D eigenvalue weighted by Crippen LogP contribution is 2.32. The van der Waals surface area contributed by atoms with E-state index < -0.39 is 18.6 Å². The van der Waals surface area contributed by atoms with Crippen molar-refractivity contribution < 1.29 is 22.7 Å². The van der Waals surface area contributed by atoms with E-state index in [1.165, 1.54) is 0 Å².